The van der Waals surface area contributed by atoms with Crippen LogP contribution in [0.1, 0.15) is 31.1 Å². The van der Waals surface area contributed by atoms with Gasteiger partial charge in [-0.05, 0) is 89.4 Å². The summed E-state index contributed by atoms with van der Waals surface area (Å²) in [6.45, 7) is 0. The van der Waals surface area contributed by atoms with Gasteiger partial charge in [0.1, 0.15) is 33.1 Å². The maximum atomic E-state index is 11.8. The van der Waals surface area contributed by atoms with Crippen LogP contribution in [-0.4, -0.2) is 45.6 Å². The summed E-state index contributed by atoms with van der Waals surface area (Å²) >= 11 is 17.1. The lowest BCUT2D eigenvalue weighted by atomic mass is 10.1. The molecule has 186 valence electrons. The minimum atomic E-state index is -0.625. The largest absolute Gasteiger partial charge is 0.276 e. The standard InChI is InChI=1S/C27H9Cl3N6O3/c28-25(37)10-1-4-13-16(7-10)34-22-19(31-13)23-21(33-14-5-2-11(26(29)38)8-17(14)35-23)24-20(22)32-15-6-3-12(27(30)39)9-18(15)36-24/h1-9H. The highest BCUT2D eigenvalue weighted by Gasteiger charge is 2.20. The first-order valence-electron chi connectivity index (χ1n) is 11.3. The average Bonchev–Trinajstić information content (AvgIpc) is 2.93. The van der Waals surface area contributed by atoms with Crippen molar-refractivity contribution in [2.45, 2.75) is 0 Å². The number of nitrogens with zero attached hydrogens (tertiary/aromatic N) is 6. The lowest BCUT2D eigenvalue weighted by Crippen LogP contribution is -2.00. The molecule has 0 unspecified atom stereocenters. The van der Waals surface area contributed by atoms with Crippen molar-refractivity contribution in [3.63, 3.8) is 0 Å². The average molecular weight is 572 g/mol. The molecular weight excluding hydrogens is 563 g/mol. The summed E-state index contributed by atoms with van der Waals surface area (Å²) in [4.78, 5) is 64.1. The summed E-state index contributed by atoms with van der Waals surface area (Å²) in [5.74, 6) is 0. The normalized spacial score (nSPS) is 11.8. The van der Waals surface area contributed by atoms with Gasteiger partial charge in [0.15, 0.2) is 0 Å². The molecule has 0 atom stereocenters. The Kier molecular flexibility index (Phi) is 5.18. The highest BCUT2D eigenvalue weighted by Crippen LogP contribution is 2.33. The third kappa shape index (κ3) is 3.74. The SMILES string of the molecule is O=C(Cl)c1ccc2nc3c4nc5cc(C(=O)Cl)ccc5nc4c4nc5cc(C(=O)Cl)ccc5nc4c3nc2c1. The van der Waals surface area contributed by atoms with Crippen molar-refractivity contribution in [3.05, 3.63) is 71.3 Å². The third-order valence-electron chi connectivity index (χ3n) is 6.35. The molecule has 9 nitrogen and oxygen atoms in total. The van der Waals surface area contributed by atoms with E-state index in [1.807, 2.05) is 0 Å². The van der Waals surface area contributed by atoms with E-state index in [1.54, 1.807) is 54.6 Å². The summed E-state index contributed by atoms with van der Waals surface area (Å²) in [5.41, 5.74) is 5.84. The molecule has 0 fully saturated rings. The molecule has 0 bridgehead atoms. The number of halogens is 3. The molecule has 0 spiro atoms. The number of aromatic nitrogens is 6. The van der Waals surface area contributed by atoms with Gasteiger partial charge in [0.05, 0.1) is 33.1 Å². The van der Waals surface area contributed by atoms with Gasteiger partial charge >= 0.3 is 0 Å². The molecule has 0 N–H and O–H groups in total. The molecule has 0 saturated carbocycles. The second-order valence-electron chi connectivity index (χ2n) is 8.69. The first kappa shape index (κ1) is 23.7. The number of hydrogen-bond acceptors (Lipinski definition) is 9. The van der Waals surface area contributed by atoms with E-state index in [-0.39, 0.29) is 16.7 Å². The zero-order chi connectivity index (χ0) is 27.0. The zero-order valence-electron chi connectivity index (χ0n) is 19.2. The van der Waals surface area contributed by atoms with Gasteiger partial charge in [-0.15, -0.1) is 0 Å². The number of benzene rings is 4. The summed E-state index contributed by atoms with van der Waals surface area (Å²) in [6.07, 6.45) is 0. The van der Waals surface area contributed by atoms with Gasteiger partial charge in [-0.2, -0.15) is 0 Å². The maximum absolute atomic E-state index is 11.8. The fourth-order valence-electron chi connectivity index (χ4n) is 4.52. The minimum Gasteiger partial charge on any atom is -0.276 e. The summed E-state index contributed by atoms with van der Waals surface area (Å²) < 4.78 is 0. The molecule has 12 heteroatoms. The van der Waals surface area contributed by atoms with Gasteiger partial charge in [0.25, 0.3) is 15.7 Å². The van der Waals surface area contributed by atoms with E-state index >= 15 is 0 Å². The predicted octanol–water partition coefficient (Wildman–Crippen LogP) is 6.11. The molecule has 0 amide bonds. The van der Waals surface area contributed by atoms with Crippen LogP contribution in [0.25, 0.3) is 66.2 Å². The molecule has 7 aromatic rings. The first-order valence-corrected chi connectivity index (χ1v) is 12.5. The lowest BCUT2D eigenvalue weighted by molar-refractivity contribution is 0.107. The molecule has 0 aliphatic rings. The molecule has 4 aromatic carbocycles. The number of rotatable bonds is 3. The second-order valence-corrected chi connectivity index (χ2v) is 9.72. The van der Waals surface area contributed by atoms with E-state index in [9.17, 15) is 14.4 Å². The van der Waals surface area contributed by atoms with E-state index in [0.29, 0.717) is 66.2 Å². The molecule has 3 heterocycles. The van der Waals surface area contributed by atoms with Crippen molar-refractivity contribution in [3.8, 4) is 0 Å². The third-order valence-corrected chi connectivity index (χ3v) is 7.00. The van der Waals surface area contributed by atoms with Gasteiger partial charge in [-0.3, -0.25) is 14.4 Å². The fraction of sp³-hybridized carbons (Fsp3) is 0. The van der Waals surface area contributed by atoms with Crippen LogP contribution in [0.3, 0.4) is 0 Å². The van der Waals surface area contributed by atoms with Crippen LogP contribution in [-0.2, 0) is 0 Å². The van der Waals surface area contributed by atoms with Gasteiger partial charge in [-0.1, -0.05) is 0 Å². The Morgan fingerprint density at radius 2 is 0.615 bits per heavy atom. The van der Waals surface area contributed by atoms with Crippen molar-refractivity contribution >= 4 is 117 Å². The molecular formula is C27H9Cl3N6O3. The van der Waals surface area contributed by atoms with Crippen LogP contribution in [0, 0.1) is 0 Å². The maximum Gasteiger partial charge on any atom is 0.252 e. The van der Waals surface area contributed by atoms with Crippen LogP contribution in [0.15, 0.2) is 54.6 Å². The Morgan fingerprint density at radius 1 is 0.385 bits per heavy atom. The van der Waals surface area contributed by atoms with E-state index in [4.69, 9.17) is 64.7 Å². The van der Waals surface area contributed by atoms with Crippen LogP contribution < -0.4 is 0 Å². The summed E-state index contributed by atoms with van der Waals surface area (Å²) in [5, 5.41) is -1.88. The topological polar surface area (TPSA) is 129 Å². The van der Waals surface area contributed by atoms with Crippen molar-refractivity contribution in [2.75, 3.05) is 0 Å². The Morgan fingerprint density at radius 3 is 0.846 bits per heavy atom. The smallest absolute Gasteiger partial charge is 0.252 e. The molecule has 0 aliphatic carbocycles. The highest BCUT2D eigenvalue weighted by atomic mass is 35.5. The van der Waals surface area contributed by atoms with Crippen molar-refractivity contribution in [1.82, 2.24) is 29.9 Å². The quantitative estimate of drug-likeness (QED) is 0.140. The monoisotopic (exact) mass is 570 g/mol. The molecule has 0 saturated heterocycles. The Labute approximate surface area is 231 Å². The molecule has 0 aliphatic heterocycles. The van der Waals surface area contributed by atoms with E-state index in [1.165, 1.54) is 0 Å². The van der Waals surface area contributed by atoms with Gasteiger partial charge < -0.3 is 0 Å². The van der Waals surface area contributed by atoms with Crippen LogP contribution >= 0.6 is 34.8 Å². The minimum absolute atomic E-state index is 0.266. The van der Waals surface area contributed by atoms with Gasteiger partial charge in [-0.25, -0.2) is 29.9 Å². The van der Waals surface area contributed by atoms with Gasteiger partial charge in [0.2, 0.25) is 0 Å². The van der Waals surface area contributed by atoms with Crippen molar-refractivity contribution < 1.29 is 14.4 Å². The Hall–Kier alpha value is -4.44. The lowest BCUT2D eigenvalue weighted by Gasteiger charge is -2.11. The van der Waals surface area contributed by atoms with E-state index < -0.39 is 15.7 Å². The first-order chi connectivity index (χ1) is 18.8. The summed E-state index contributed by atoms with van der Waals surface area (Å²) in [6, 6.07) is 14.2. The molecule has 3 aromatic heterocycles. The summed E-state index contributed by atoms with van der Waals surface area (Å²) in [7, 11) is 0. The van der Waals surface area contributed by atoms with Crippen molar-refractivity contribution in [2.24, 2.45) is 0 Å². The van der Waals surface area contributed by atoms with Gasteiger partial charge in [0, 0.05) is 16.7 Å². The highest BCUT2D eigenvalue weighted by molar-refractivity contribution is 6.68. The Bertz CT molecular complexity index is 2000. The predicted molar refractivity (Wildman–Crippen MR) is 149 cm³/mol. The fourth-order valence-corrected chi connectivity index (χ4v) is 4.87. The number of fused-ring (bicyclic) bond motifs is 9. The molecule has 0 radical (unpaired) electrons. The Balaban J connectivity index is 1.69. The zero-order valence-corrected chi connectivity index (χ0v) is 21.5. The van der Waals surface area contributed by atoms with Crippen LogP contribution in [0.4, 0.5) is 0 Å². The van der Waals surface area contributed by atoms with E-state index in [2.05, 4.69) is 0 Å². The number of carbonyl (C=O) groups excluding carboxylic acids is 3. The molecule has 39 heavy (non-hydrogen) atoms. The second kappa shape index (κ2) is 8.54. The van der Waals surface area contributed by atoms with Crippen LogP contribution in [0.2, 0.25) is 0 Å². The molecule has 7 rings (SSSR count). The number of carbonyl (C=O) groups is 3. The van der Waals surface area contributed by atoms with Crippen molar-refractivity contribution in [1.29, 1.82) is 0 Å². The van der Waals surface area contributed by atoms with E-state index in [0.717, 1.165) is 0 Å². The van der Waals surface area contributed by atoms with Crippen LogP contribution in [0.5, 0.6) is 0 Å². The number of hydrogen-bond donors (Lipinski definition) is 0.